The Morgan fingerprint density at radius 1 is 0.500 bits per heavy atom. The van der Waals surface area contributed by atoms with E-state index >= 15 is 0 Å². The molecule has 0 N–H and O–H groups in total. The molecule has 0 amide bonds. The fourth-order valence-electron chi connectivity index (χ4n) is 3.08. The first-order chi connectivity index (χ1) is 10.8. The lowest BCUT2D eigenvalue weighted by Crippen LogP contribution is -1.82. The van der Waals surface area contributed by atoms with E-state index in [1.54, 1.807) is 23.5 Å². The summed E-state index contributed by atoms with van der Waals surface area (Å²) >= 11 is 3.60. The van der Waals surface area contributed by atoms with E-state index in [-0.39, 0.29) is 0 Å². The van der Waals surface area contributed by atoms with Gasteiger partial charge in [-0.05, 0) is 69.1 Å². The Labute approximate surface area is 138 Å². The monoisotopic (exact) mass is 320 g/mol. The maximum absolute atomic E-state index is 2.31. The van der Waals surface area contributed by atoms with Gasteiger partial charge in [-0.3, -0.25) is 0 Å². The highest BCUT2D eigenvalue weighted by atomic mass is 32.2. The first kappa shape index (κ1) is 14.0. The lowest BCUT2D eigenvalue weighted by Gasteiger charge is -2.09. The van der Waals surface area contributed by atoms with Crippen molar-refractivity contribution in [2.24, 2.45) is 0 Å². The predicted octanol–water partition coefficient (Wildman–Crippen LogP) is 6.59. The SMILES string of the molecule is CSc1ccc2ccc3c4cc(SC)ccc4ccc3c2c1. The lowest BCUT2D eigenvalue weighted by atomic mass is 9.97. The van der Waals surface area contributed by atoms with Crippen molar-refractivity contribution in [2.45, 2.75) is 9.79 Å². The molecule has 0 bridgehead atoms. The normalized spacial score (nSPS) is 11.5. The molecule has 0 fully saturated rings. The Morgan fingerprint density at radius 3 is 1.32 bits per heavy atom. The summed E-state index contributed by atoms with van der Waals surface area (Å²) in [6.45, 7) is 0. The maximum atomic E-state index is 2.31. The van der Waals surface area contributed by atoms with Crippen LogP contribution in [0.1, 0.15) is 0 Å². The smallest absolute Gasteiger partial charge is 0.00757 e. The summed E-state index contributed by atoms with van der Waals surface area (Å²) in [7, 11) is 0. The lowest BCUT2D eigenvalue weighted by molar-refractivity contribution is 1.51. The molecule has 4 aromatic carbocycles. The molecule has 2 heteroatoms. The van der Waals surface area contributed by atoms with Crippen molar-refractivity contribution in [3.8, 4) is 0 Å². The summed E-state index contributed by atoms with van der Waals surface area (Å²) in [5.41, 5.74) is 0. The average Bonchev–Trinajstić information content (AvgIpc) is 2.60. The van der Waals surface area contributed by atoms with Gasteiger partial charge in [0.2, 0.25) is 0 Å². The van der Waals surface area contributed by atoms with E-state index < -0.39 is 0 Å². The quantitative estimate of drug-likeness (QED) is 0.302. The van der Waals surface area contributed by atoms with Crippen LogP contribution in [0.3, 0.4) is 0 Å². The van der Waals surface area contributed by atoms with E-state index in [1.807, 2.05) is 0 Å². The van der Waals surface area contributed by atoms with Crippen molar-refractivity contribution in [3.63, 3.8) is 0 Å². The van der Waals surface area contributed by atoms with Crippen molar-refractivity contribution in [1.29, 1.82) is 0 Å². The fourth-order valence-corrected chi connectivity index (χ4v) is 3.96. The van der Waals surface area contributed by atoms with Gasteiger partial charge in [0.15, 0.2) is 0 Å². The molecule has 0 atom stereocenters. The number of hydrogen-bond donors (Lipinski definition) is 0. The van der Waals surface area contributed by atoms with Gasteiger partial charge in [0.25, 0.3) is 0 Å². The van der Waals surface area contributed by atoms with Crippen LogP contribution in [0.15, 0.2) is 70.5 Å². The molecule has 0 saturated carbocycles. The second-order valence-corrected chi connectivity index (χ2v) is 7.16. The van der Waals surface area contributed by atoms with Crippen molar-refractivity contribution < 1.29 is 0 Å². The molecule has 0 heterocycles. The topological polar surface area (TPSA) is 0 Å². The third kappa shape index (κ3) is 2.18. The van der Waals surface area contributed by atoms with Crippen LogP contribution in [0, 0.1) is 0 Å². The van der Waals surface area contributed by atoms with Crippen LogP contribution in [0.5, 0.6) is 0 Å². The number of fused-ring (bicyclic) bond motifs is 5. The molecule has 108 valence electrons. The first-order valence-corrected chi connectivity index (χ1v) is 9.72. The zero-order valence-electron chi connectivity index (χ0n) is 12.6. The minimum Gasteiger partial charge on any atom is -0.130 e. The Bertz CT molecular complexity index is 919. The maximum Gasteiger partial charge on any atom is 0.00757 e. The van der Waals surface area contributed by atoms with Gasteiger partial charge in [0.1, 0.15) is 0 Å². The number of hydrogen-bond acceptors (Lipinski definition) is 2. The summed E-state index contributed by atoms with van der Waals surface area (Å²) in [5, 5.41) is 8.01. The van der Waals surface area contributed by atoms with Crippen molar-refractivity contribution in [3.05, 3.63) is 60.7 Å². The van der Waals surface area contributed by atoms with Gasteiger partial charge in [-0.15, -0.1) is 23.5 Å². The highest BCUT2D eigenvalue weighted by Crippen LogP contribution is 2.34. The summed E-state index contributed by atoms with van der Waals surface area (Å²) in [5.74, 6) is 0. The molecule has 0 aliphatic rings. The summed E-state index contributed by atoms with van der Waals surface area (Å²) < 4.78 is 0. The molecule has 4 rings (SSSR count). The van der Waals surface area contributed by atoms with Crippen molar-refractivity contribution in [1.82, 2.24) is 0 Å². The second-order valence-electron chi connectivity index (χ2n) is 5.40. The van der Waals surface area contributed by atoms with E-state index in [9.17, 15) is 0 Å². The van der Waals surface area contributed by atoms with Crippen LogP contribution in [-0.2, 0) is 0 Å². The summed E-state index contributed by atoms with van der Waals surface area (Å²) in [6.07, 6.45) is 4.26. The zero-order valence-corrected chi connectivity index (χ0v) is 14.2. The highest BCUT2D eigenvalue weighted by molar-refractivity contribution is 7.98. The van der Waals surface area contributed by atoms with Crippen LogP contribution < -0.4 is 0 Å². The molecule has 0 aromatic heterocycles. The van der Waals surface area contributed by atoms with Crippen LogP contribution in [0.2, 0.25) is 0 Å². The molecular weight excluding hydrogens is 304 g/mol. The average molecular weight is 320 g/mol. The fraction of sp³-hybridized carbons (Fsp3) is 0.100. The second kappa shape index (κ2) is 5.53. The third-order valence-electron chi connectivity index (χ3n) is 4.25. The van der Waals surface area contributed by atoms with E-state index in [4.69, 9.17) is 0 Å². The van der Waals surface area contributed by atoms with E-state index in [0.29, 0.717) is 0 Å². The van der Waals surface area contributed by atoms with Crippen LogP contribution in [0.4, 0.5) is 0 Å². The van der Waals surface area contributed by atoms with Crippen LogP contribution in [0.25, 0.3) is 32.3 Å². The summed E-state index contributed by atoms with van der Waals surface area (Å²) in [6, 6.07) is 22.5. The minimum absolute atomic E-state index is 1.31. The van der Waals surface area contributed by atoms with Crippen molar-refractivity contribution in [2.75, 3.05) is 12.5 Å². The standard InChI is InChI=1S/C20H16S2/c1-21-15-7-3-13-5-10-18-17(19(13)11-15)9-6-14-4-8-16(22-2)12-20(14)18/h3-12H,1-2H3. The van der Waals surface area contributed by atoms with Gasteiger partial charge in [-0.1, -0.05) is 36.4 Å². The van der Waals surface area contributed by atoms with Gasteiger partial charge in [-0.2, -0.15) is 0 Å². The highest BCUT2D eigenvalue weighted by Gasteiger charge is 2.06. The van der Waals surface area contributed by atoms with Crippen molar-refractivity contribution >= 4 is 55.8 Å². The molecule has 0 saturated heterocycles. The predicted molar refractivity (Wildman–Crippen MR) is 103 cm³/mol. The molecular formula is C20H16S2. The van der Waals surface area contributed by atoms with Gasteiger partial charge >= 0.3 is 0 Å². The Balaban J connectivity index is 2.15. The van der Waals surface area contributed by atoms with E-state index in [2.05, 4.69) is 73.2 Å². The first-order valence-electron chi connectivity index (χ1n) is 7.27. The molecule has 0 spiro atoms. The minimum atomic E-state index is 1.31. The van der Waals surface area contributed by atoms with Gasteiger partial charge < -0.3 is 0 Å². The molecule has 0 nitrogen and oxygen atoms in total. The molecule has 0 radical (unpaired) electrons. The van der Waals surface area contributed by atoms with E-state index in [1.165, 1.54) is 42.1 Å². The molecule has 22 heavy (non-hydrogen) atoms. The molecule has 0 aliphatic heterocycles. The van der Waals surface area contributed by atoms with Crippen LogP contribution in [-0.4, -0.2) is 12.5 Å². The third-order valence-corrected chi connectivity index (χ3v) is 5.70. The van der Waals surface area contributed by atoms with Gasteiger partial charge in [0.05, 0.1) is 0 Å². The Hall–Kier alpha value is -1.64. The van der Waals surface area contributed by atoms with Gasteiger partial charge in [0, 0.05) is 9.79 Å². The largest absolute Gasteiger partial charge is 0.130 e. The Morgan fingerprint density at radius 2 is 0.909 bits per heavy atom. The number of benzene rings is 4. The Kier molecular flexibility index (Phi) is 3.51. The summed E-state index contributed by atoms with van der Waals surface area (Å²) in [4.78, 5) is 2.64. The van der Waals surface area contributed by atoms with Crippen LogP contribution >= 0.6 is 23.5 Å². The number of rotatable bonds is 2. The number of thioether (sulfide) groups is 2. The zero-order chi connectivity index (χ0) is 15.1. The molecule has 0 unspecified atom stereocenters. The molecule has 0 aliphatic carbocycles. The molecule has 4 aromatic rings. The van der Waals surface area contributed by atoms with E-state index in [0.717, 1.165) is 0 Å². The van der Waals surface area contributed by atoms with Gasteiger partial charge in [-0.25, -0.2) is 0 Å².